The highest BCUT2D eigenvalue weighted by Gasteiger charge is 2.20. The van der Waals surface area contributed by atoms with Crippen molar-refractivity contribution in [3.63, 3.8) is 0 Å². The summed E-state index contributed by atoms with van der Waals surface area (Å²) in [4.78, 5) is 13.0. The number of benzene rings is 3. The molecule has 0 aliphatic carbocycles. The molecule has 0 bridgehead atoms. The third-order valence-corrected chi connectivity index (χ3v) is 5.98. The zero-order valence-electron chi connectivity index (χ0n) is 15.5. The largest absolute Gasteiger partial charge is 0.289 e. The Bertz CT molecular complexity index is 1090. The number of sulfonamides is 1. The normalized spacial score (nSPS) is 11.4. The summed E-state index contributed by atoms with van der Waals surface area (Å²) in [6.45, 7) is 4.08. The zero-order chi connectivity index (χ0) is 20.3. The Labute approximate surface area is 170 Å². The second-order valence-corrected chi connectivity index (χ2v) is 8.83. The molecule has 3 rings (SSSR count). The lowest BCUT2D eigenvalue weighted by molar-refractivity contribution is 0.103. The van der Waals surface area contributed by atoms with Crippen LogP contribution < -0.4 is 4.72 Å². The van der Waals surface area contributed by atoms with Crippen molar-refractivity contribution in [2.45, 2.75) is 24.7 Å². The van der Waals surface area contributed by atoms with Crippen LogP contribution in [0.5, 0.6) is 0 Å². The highest BCUT2D eigenvalue weighted by atomic mass is 35.5. The molecule has 0 heterocycles. The maximum atomic E-state index is 12.9. The Morgan fingerprint density at radius 2 is 1.57 bits per heavy atom. The molecule has 0 aliphatic rings. The van der Waals surface area contributed by atoms with E-state index in [9.17, 15) is 13.2 Å². The van der Waals surface area contributed by atoms with Gasteiger partial charge < -0.3 is 0 Å². The van der Waals surface area contributed by atoms with Crippen molar-refractivity contribution in [3.8, 4) is 0 Å². The first-order chi connectivity index (χ1) is 13.3. The van der Waals surface area contributed by atoms with Crippen molar-refractivity contribution in [2.75, 3.05) is 4.72 Å². The van der Waals surface area contributed by atoms with Gasteiger partial charge in [-0.2, -0.15) is 0 Å². The molecule has 3 aromatic rings. The molecule has 0 saturated heterocycles. The lowest BCUT2D eigenvalue weighted by atomic mass is 10.0. The summed E-state index contributed by atoms with van der Waals surface area (Å²) in [7, 11) is -3.85. The molecule has 1 N–H and O–H groups in total. The lowest BCUT2D eigenvalue weighted by Gasteiger charge is -2.13. The van der Waals surface area contributed by atoms with Crippen LogP contribution in [0, 0.1) is 0 Å². The molecule has 0 atom stereocenters. The standard InChI is InChI=1S/C22H20ClNO3S/c1-15(2)16-8-11-19(12-9-16)28(26,27)24-21-13-10-18(23)14-20(21)22(25)17-6-4-3-5-7-17/h3-15,24H,1-2H3. The number of hydrogen-bond donors (Lipinski definition) is 1. The van der Waals surface area contributed by atoms with E-state index in [1.54, 1.807) is 60.7 Å². The number of carbonyl (C=O) groups is 1. The number of halogens is 1. The van der Waals surface area contributed by atoms with Crippen LogP contribution in [0.3, 0.4) is 0 Å². The van der Waals surface area contributed by atoms with Gasteiger partial charge in [-0.1, -0.05) is 67.9 Å². The minimum Gasteiger partial charge on any atom is -0.289 e. The van der Waals surface area contributed by atoms with E-state index < -0.39 is 10.0 Å². The van der Waals surface area contributed by atoms with Crippen molar-refractivity contribution in [1.82, 2.24) is 0 Å². The molecule has 0 amide bonds. The maximum absolute atomic E-state index is 12.9. The third kappa shape index (κ3) is 4.43. The van der Waals surface area contributed by atoms with Gasteiger partial charge in [0.15, 0.2) is 5.78 Å². The van der Waals surface area contributed by atoms with Crippen molar-refractivity contribution < 1.29 is 13.2 Å². The van der Waals surface area contributed by atoms with E-state index in [0.717, 1.165) is 5.56 Å². The summed E-state index contributed by atoms with van der Waals surface area (Å²) >= 11 is 6.05. The van der Waals surface area contributed by atoms with E-state index >= 15 is 0 Å². The highest BCUT2D eigenvalue weighted by molar-refractivity contribution is 7.92. The van der Waals surface area contributed by atoms with Crippen LogP contribution in [-0.2, 0) is 10.0 Å². The smallest absolute Gasteiger partial charge is 0.261 e. The minimum atomic E-state index is -3.85. The first kappa shape index (κ1) is 20.1. The van der Waals surface area contributed by atoms with E-state index in [4.69, 9.17) is 11.6 Å². The number of carbonyl (C=O) groups excluding carboxylic acids is 1. The SMILES string of the molecule is CC(C)c1ccc(S(=O)(=O)Nc2ccc(Cl)cc2C(=O)c2ccccc2)cc1. The van der Waals surface area contributed by atoms with Crippen LogP contribution in [0.25, 0.3) is 0 Å². The van der Waals surface area contributed by atoms with Gasteiger partial charge in [-0.05, 0) is 41.8 Å². The molecule has 0 aliphatic heterocycles. The van der Waals surface area contributed by atoms with Gasteiger partial charge in [0.25, 0.3) is 10.0 Å². The Morgan fingerprint density at radius 3 is 2.18 bits per heavy atom. The second-order valence-electron chi connectivity index (χ2n) is 6.71. The average Bonchev–Trinajstić information content (AvgIpc) is 2.69. The second kappa shape index (κ2) is 8.17. The Morgan fingerprint density at radius 1 is 0.929 bits per heavy atom. The van der Waals surface area contributed by atoms with Crippen LogP contribution in [-0.4, -0.2) is 14.2 Å². The summed E-state index contributed by atoms with van der Waals surface area (Å²) < 4.78 is 28.2. The number of hydrogen-bond acceptors (Lipinski definition) is 3. The van der Waals surface area contributed by atoms with E-state index in [2.05, 4.69) is 4.72 Å². The third-order valence-electron chi connectivity index (χ3n) is 4.36. The molecule has 0 spiro atoms. The molecular weight excluding hydrogens is 394 g/mol. The molecule has 6 heteroatoms. The predicted octanol–water partition coefficient (Wildman–Crippen LogP) is 5.50. The van der Waals surface area contributed by atoms with Crippen LogP contribution in [0.15, 0.2) is 77.7 Å². The fourth-order valence-electron chi connectivity index (χ4n) is 2.77. The molecule has 3 aromatic carbocycles. The summed E-state index contributed by atoms with van der Waals surface area (Å²) in [5.41, 5.74) is 1.88. The monoisotopic (exact) mass is 413 g/mol. The van der Waals surface area contributed by atoms with Gasteiger partial charge in [-0.15, -0.1) is 0 Å². The molecule has 0 unspecified atom stereocenters. The van der Waals surface area contributed by atoms with Crippen molar-refractivity contribution in [2.24, 2.45) is 0 Å². The summed E-state index contributed by atoms with van der Waals surface area (Å²) in [5.74, 6) is -0.00738. The molecule has 28 heavy (non-hydrogen) atoms. The number of nitrogens with one attached hydrogen (secondary N) is 1. The summed E-state index contributed by atoms with van der Waals surface area (Å²) in [6.07, 6.45) is 0. The van der Waals surface area contributed by atoms with Gasteiger partial charge in [0, 0.05) is 16.1 Å². The molecule has 0 radical (unpaired) electrons. The van der Waals surface area contributed by atoms with Gasteiger partial charge in [-0.25, -0.2) is 8.42 Å². The van der Waals surface area contributed by atoms with E-state index in [-0.39, 0.29) is 21.9 Å². The van der Waals surface area contributed by atoms with Gasteiger partial charge in [0.05, 0.1) is 10.6 Å². The topological polar surface area (TPSA) is 63.2 Å². The highest BCUT2D eigenvalue weighted by Crippen LogP contribution is 2.26. The van der Waals surface area contributed by atoms with Crippen LogP contribution in [0.4, 0.5) is 5.69 Å². The summed E-state index contributed by atoms with van der Waals surface area (Å²) in [6, 6.07) is 19.9. The van der Waals surface area contributed by atoms with Gasteiger partial charge >= 0.3 is 0 Å². The fraction of sp³-hybridized carbons (Fsp3) is 0.136. The zero-order valence-corrected chi connectivity index (χ0v) is 17.1. The van der Waals surface area contributed by atoms with Gasteiger partial charge in [0.1, 0.15) is 0 Å². The average molecular weight is 414 g/mol. The van der Waals surface area contributed by atoms with Crippen molar-refractivity contribution in [3.05, 3.63) is 94.5 Å². The van der Waals surface area contributed by atoms with Crippen LogP contribution in [0.2, 0.25) is 5.02 Å². The van der Waals surface area contributed by atoms with Crippen molar-refractivity contribution in [1.29, 1.82) is 0 Å². The van der Waals surface area contributed by atoms with E-state index in [1.807, 2.05) is 13.8 Å². The Kier molecular flexibility index (Phi) is 5.87. The Balaban J connectivity index is 1.97. The minimum absolute atomic E-state index is 0.130. The van der Waals surface area contributed by atoms with Gasteiger partial charge in [-0.3, -0.25) is 9.52 Å². The number of ketones is 1. The van der Waals surface area contributed by atoms with E-state index in [1.165, 1.54) is 12.1 Å². The fourth-order valence-corrected chi connectivity index (χ4v) is 4.03. The lowest BCUT2D eigenvalue weighted by Crippen LogP contribution is -2.16. The first-order valence-corrected chi connectivity index (χ1v) is 10.7. The van der Waals surface area contributed by atoms with Gasteiger partial charge in [0.2, 0.25) is 0 Å². The predicted molar refractivity (Wildman–Crippen MR) is 113 cm³/mol. The summed E-state index contributed by atoms with van der Waals surface area (Å²) in [5, 5.41) is 0.350. The molecule has 144 valence electrons. The quantitative estimate of drug-likeness (QED) is 0.543. The molecular formula is C22H20ClNO3S. The number of rotatable bonds is 6. The number of anilines is 1. The van der Waals surface area contributed by atoms with Crippen molar-refractivity contribution >= 4 is 33.1 Å². The van der Waals surface area contributed by atoms with Crippen LogP contribution in [0.1, 0.15) is 41.3 Å². The van der Waals surface area contributed by atoms with Crippen LogP contribution >= 0.6 is 11.6 Å². The van der Waals surface area contributed by atoms with E-state index in [0.29, 0.717) is 16.5 Å². The molecule has 0 aromatic heterocycles. The molecule has 4 nitrogen and oxygen atoms in total. The Hall–Kier alpha value is -2.63. The maximum Gasteiger partial charge on any atom is 0.261 e. The first-order valence-electron chi connectivity index (χ1n) is 8.80. The molecule has 0 saturated carbocycles. The molecule has 0 fully saturated rings.